The number of hydrogen-bond donors (Lipinski definition) is 2. The fourth-order valence-corrected chi connectivity index (χ4v) is 3.82. The molecule has 1 aromatic heterocycles. The van der Waals surface area contributed by atoms with Gasteiger partial charge in [0.1, 0.15) is 29.2 Å². The van der Waals surface area contributed by atoms with Gasteiger partial charge in [0, 0.05) is 30.7 Å². The van der Waals surface area contributed by atoms with E-state index in [-0.39, 0.29) is 5.82 Å². The first-order valence-corrected chi connectivity index (χ1v) is 9.40. The van der Waals surface area contributed by atoms with Crippen LogP contribution in [-0.2, 0) is 0 Å². The number of ether oxygens (including phenoxy) is 1. The van der Waals surface area contributed by atoms with Crippen molar-refractivity contribution < 1.29 is 18.9 Å². The van der Waals surface area contributed by atoms with Gasteiger partial charge in [0.2, 0.25) is 0 Å². The molecule has 0 amide bonds. The summed E-state index contributed by atoms with van der Waals surface area (Å²) in [6, 6.07) is 2.78. The fourth-order valence-electron chi connectivity index (χ4n) is 3.23. The van der Waals surface area contributed by atoms with E-state index in [9.17, 15) is 4.39 Å². The van der Waals surface area contributed by atoms with Crippen molar-refractivity contribution >= 4 is 25.1 Å². The summed E-state index contributed by atoms with van der Waals surface area (Å²) in [5.74, 6) is 1.25. The predicted molar refractivity (Wildman–Crippen MR) is 91.8 cm³/mol. The number of aromatic nitrogens is 2. The number of nitrogens with zero attached hydrogens (tertiary/aromatic N) is 3. The molecule has 0 spiro atoms. The van der Waals surface area contributed by atoms with Gasteiger partial charge in [0.25, 0.3) is 0 Å². The van der Waals surface area contributed by atoms with Crippen molar-refractivity contribution in [1.29, 1.82) is 0 Å². The van der Waals surface area contributed by atoms with E-state index in [1.807, 2.05) is 0 Å². The van der Waals surface area contributed by atoms with Crippen molar-refractivity contribution in [2.75, 3.05) is 31.3 Å². The monoisotopic (exact) mass is 353 g/mol. The Labute approximate surface area is 141 Å². The fraction of sp³-hybridized carbons (Fsp3) is 0.500. The van der Waals surface area contributed by atoms with Gasteiger partial charge >= 0.3 is 0 Å². The molecule has 24 heavy (non-hydrogen) atoms. The maximum absolute atomic E-state index is 13.9. The van der Waals surface area contributed by atoms with E-state index < -0.39 is 8.38 Å². The van der Waals surface area contributed by atoms with Gasteiger partial charge in [-0.05, 0) is 31.2 Å². The van der Waals surface area contributed by atoms with E-state index >= 15 is 0 Å². The number of halogens is 1. The number of fused-ring (bicyclic) bond motifs is 1. The van der Waals surface area contributed by atoms with E-state index in [4.69, 9.17) is 14.5 Å². The Balaban J connectivity index is 1.80. The highest BCUT2D eigenvalue weighted by Gasteiger charge is 2.23. The molecule has 2 heterocycles. The number of piperidine rings is 1. The SMILES string of the molecule is COc1cc(F)cc2c(N3CCC(CCP(O)O)CC3)ncnc12. The van der Waals surface area contributed by atoms with Crippen LogP contribution < -0.4 is 9.64 Å². The Morgan fingerprint density at radius 3 is 2.71 bits per heavy atom. The molecule has 0 bridgehead atoms. The second-order valence-corrected chi connectivity index (χ2v) is 7.21. The summed E-state index contributed by atoms with van der Waals surface area (Å²) in [7, 11) is -0.304. The van der Waals surface area contributed by atoms with Gasteiger partial charge in [0.15, 0.2) is 8.38 Å². The van der Waals surface area contributed by atoms with E-state index in [1.54, 1.807) is 0 Å². The van der Waals surface area contributed by atoms with Gasteiger partial charge in [-0.15, -0.1) is 0 Å². The molecule has 1 aromatic carbocycles. The smallest absolute Gasteiger partial charge is 0.164 e. The van der Waals surface area contributed by atoms with Crippen LogP contribution in [0.4, 0.5) is 10.2 Å². The van der Waals surface area contributed by atoms with Crippen LogP contribution in [0.5, 0.6) is 5.75 Å². The van der Waals surface area contributed by atoms with Crippen molar-refractivity contribution in [3.8, 4) is 5.75 Å². The molecule has 1 saturated heterocycles. The molecule has 3 rings (SSSR count). The first kappa shape index (κ1) is 17.3. The third-order valence-corrected chi connectivity index (χ3v) is 5.18. The lowest BCUT2D eigenvalue weighted by molar-refractivity contribution is 0.386. The van der Waals surface area contributed by atoms with Gasteiger partial charge < -0.3 is 19.4 Å². The molecule has 2 aromatic rings. The molecule has 8 heteroatoms. The first-order valence-electron chi connectivity index (χ1n) is 7.97. The van der Waals surface area contributed by atoms with E-state index in [0.717, 1.165) is 38.2 Å². The highest BCUT2D eigenvalue weighted by molar-refractivity contribution is 7.45. The van der Waals surface area contributed by atoms with Crippen molar-refractivity contribution in [3.63, 3.8) is 0 Å². The third-order valence-electron chi connectivity index (χ3n) is 4.52. The second-order valence-electron chi connectivity index (χ2n) is 6.02. The minimum absolute atomic E-state index is 0.371. The zero-order valence-electron chi connectivity index (χ0n) is 13.5. The van der Waals surface area contributed by atoms with E-state index in [1.165, 1.54) is 25.6 Å². The standard InChI is InChI=1S/C16H21FN3O3P/c1-23-14-9-12(17)8-13-15(14)18-10-19-16(13)20-5-2-11(3-6-20)4-7-24(21)22/h8-11,21-22H,2-7H2,1H3. The molecular weight excluding hydrogens is 332 g/mol. The van der Waals surface area contributed by atoms with Gasteiger partial charge in [0.05, 0.1) is 7.11 Å². The van der Waals surface area contributed by atoms with Crippen molar-refractivity contribution in [2.24, 2.45) is 5.92 Å². The van der Waals surface area contributed by atoms with Crippen LogP contribution in [0.15, 0.2) is 18.5 Å². The van der Waals surface area contributed by atoms with Crippen LogP contribution in [0.3, 0.4) is 0 Å². The molecule has 0 saturated carbocycles. The van der Waals surface area contributed by atoms with Gasteiger partial charge in [-0.2, -0.15) is 0 Å². The largest absolute Gasteiger partial charge is 0.494 e. The summed E-state index contributed by atoms with van der Waals surface area (Å²) in [6.45, 7) is 1.62. The molecule has 2 N–H and O–H groups in total. The van der Waals surface area contributed by atoms with Gasteiger partial charge in [-0.1, -0.05) is 0 Å². The van der Waals surface area contributed by atoms with Crippen LogP contribution in [0.25, 0.3) is 10.9 Å². The van der Waals surface area contributed by atoms with E-state index in [2.05, 4.69) is 14.9 Å². The molecular formula is C16H21FN3O3P. The van der Waals surface area contributed by atoms with Crippen LogP contribution in [-0.4, -0.2) is 46.1 Å². The number of rotatable bonds is 5. The quantitative estimate of drug-likeness (QED) is 0.805. The summed E-state index contributed by atoms with van der Waals surface area (Å²) in [6.07, 6.45) is 4.70. The lowest BCUT2D eigenvalue weighted by Gasteiger charge is -2.33. The molecule has 0 radical (unpaired) electrons. The Morgan fingerprint density at radius 1 is 1.29 bits per heavy atom. The summed E-state index contributed by atoms with van der Waals surface area (Å²) >= 11 is 0. The summed E-state index contributed by atoms with van der Waals surface area (Å²) in [5, 5.41) is 0.655. The lowest BCUT2D eigenvalue weighted by Crippen LogP contribution is -2.34. The third kappa shape index (κ3) is 3.74. The van der Waals surface area contributed by atoms with Crippen LogP contribution >= 0.6 is 8.38 Å². The molecule has 130 valence electrons. The average molecular weight is 353 g/mol. The van der Waals surface area contributed by atoms with Crippen molar-refractivity contribution in [3.05, 3.63) is 24.3 Å². The summed E-state index contributed by atoms with van der Waals surface area (Å²) in [5.41, 5.74) is 0.609. The molecule has 0 aliphatic carbocycles. The molecule has 0 atom stereocenters. The average Bonchev–Trinajstić information content (AvgIpc) is 2.59. The Morgan fingerprint density at radius 2 is 2.04 bits per heavy atom. The normalized spacial score (nSPS) is 16.1. The summed E-state index contributed by atoms with van der Waals surface area (Å²) in [4.78, 5) is 28.8. The maximum Gasteiger partial charge on any atom is 0.164 e. The predicted octanol–water partition coefficient (Wildman–Crippen LogP) is 2.68. The minimum atomic E-state index is -1.80. The number of benzene rings is 1. The Bertz CT molecular complexity index is 708. The molecule has 1 aliphatic rings. The topological polar surface area (TPSA) is 78.7 Å². The van der Waals surface area contributed by atoms with Crippen LogP contribution in [0.2, 0.25) is 0 Å². The molecule has 0 unspecified atom stereocenters. The maximum atomic E-state index is 13.9. The summed E-state index contributed by atoms with van der Waals surface area (Å²) < 4.78 is 19.1. The zero-order valence-corrected chi connectivity index (χ0v) is 14.4. The highest BCUT2D eigenvalue weighted by Crippen LogP contribution is 2.34. The zero-order chi connectivity index (χ0) is 17.1. The molecule has 1 aliphatic heterocycles. The van der Waals surface area contributed by atoms with E-state index in [0.29, 0.717) is 28.7 Å². The Kier molecular flexibility index (Phi) is 5.43. The lowest BCUT2D eigenvalue weighted by atomic mass is 9.94. The van der Waals surface area contributed by atoms with Gasteiger partial charge in [-0.25, -0.2) is 14.4 Å². The number of hydrogen-bond acceptors (Lipinski definition) is 6. The number of anilines is 1. The Hall–Kier alpha value is -1.56. The van der Waals surface area contributed by atoms with Crippen molar-refractivity contribution in [2.45, 2.75) is 19.3 Å². The van der Waals surface area contributed by atoms with Crippen molar-refractivity contribution in [1.82, 2.24) is 9.97 Å². The highest BCUT2D eigenvalue weighted by atomic mass is 31.2. The number of methoxy groups -OCH3 is 1. The minimum Gasteiger partial charge on any atom is -0.494 e. The van der Waals surface area contributed by atoms with Gasteiger partial charge in [-0.3, -0.25) is 0 Å². The first-order chi connectivity index (χ1) is 11.6. The second kappa shape index (κ2) is 7.55. The molecule has 1 fully saturated rings. The van der Waals surface area contributed by atoms with Crippen LogP contribution in [0, 0.1) is 11.7 Å². The molecule has 6 nitrogen and oxygen atoms in total. The van der Waals surface area contributed by atoms with Crippen LogP contribution in [0.1, 0.15) is 19.3 Å².